The van der Waals surface area contributed by atoms with Crippen LogP contribution in [0.25, 0.3) is 0 Å². The maximum Gasteiger partial charge on any atom is 0.350 e. The zero-order valence-corrected chi connectivity index (χ0v) is 33.3. The van der Waals surface area contributed by atoms with Gasteiger partial charge in [0.05, 0.1) is 29.7 Å². The zero-order chi connectivity index (χ0) is 42.8. The van der Waals surface area contributed by atoms with Crippen LogP contribution in [0.1, 0.15) is 91.2 Å². The first-order chi connectivity index (χ1) is 26.3. The highest BCUT2D eigenvalue weighted by atomic mass is 16.7. The van der Waals surface area contributed by atoms with Crippen LogP contribution in [-0.4, -0.2) is 134 Å². The Labute approximate surface area is 327 Å². The fraction of sp³-hybridized carbons (Fsp3) is 0.684. The molecule has 2 saturated carbocycles. The zero-order valence-electron chi connectivity index (χ0n) is 33.3. The molecule has 19 nitrogen and oxygen atoms in total. The van der Waals surface area contributed by atoms with Crippen molar-refractivity contribution in [1.82, 2.24) is 4.98 Å². The number of carbonyl (C=O) groups is 7. The fourth-order valence-corrected chi connectivity index (χ4v) is 9.25. The molecule has 1 aromatic heterocycles. The second kappa shape index (κ2) is 14.9. The summed E-state index contributed by atoms with van der Waals surface area (Å²) in [6.07, 6.45) is -11.2. The number of fused-ring (bicyclic) bond motifs is 5. The van der Waals surface area contributed by atoms with E-state index >= 15 is 0 Å². The lowest BCUT2D eigenvalue weighted by Crippen LogP contribution is -2.89. The maximum absolute atomic E-state index is 14.1. The van der Waals surface area contributed by atoms with Crippen molar-refractivity contribution in [2.45, 2.75) is 134 Å². The monoisotopic (exact) mass is 807 g/mol. The third-order valence-corrected chi connectivity index (χ3v) is 11.7. The molecule has 3 heterocycles. The summed E-state index contributed by atoms with van der Waals surface area (Å²) in [6.45, 7) is 9.53. The first kappa shape index (κ1) is 43.4. The number of aliphatic hydroxyl groups is 3. The normalized spacial score (nSPS) is 38.6. The lowest BCUT2D eigenvalue weighted by Gasteiger charge is -2.67. The van der Waals surface area contributed by atoms with E-state index in [1.54, 1.807) is 6.92 Å². The van der Waals surface area contributed by atoms with Gasteiger partial charge in [0.1, 0.15) is 47.6 Å². The summed E-state index contributed by atoms with van der Waals surface area (Å²) < 4.78 is 47.5. The van der Waals surface area contributed by atoms with Crippen LogP contribution in [0.4, 0.5) is 0 Å². The molecule has 1 saturated heterocycles. The molecule has 0 aromatic carbocycles. The number of esters is 7. The Bertz CT molecular complexity index is 1840. The van der Waals surface area contributed by atoms with E-state index < -0.39 is 137 Å². The number of cyclic esters (lactones) is 1. The van der Waals surface area contributed by atoms with Gasteiger partial charge < -0.3 is 53.2 Å². The van der Waals surface area contributed by atoms with Crippen LogP contribution in [0, 0.1) is 17.3 Å². The molecule has 57 heavy (non-hydrogen) atoms. The molecule has 4 bridgehead atoms. The first-order valence-corrected chi connectivity index (χ1v) is 18.3. The van der Waals surface area contributed by atoms with Crippen LogP contribution >= 0.6 is 0 Å². The van der Waals surface area contributed by atoms with Crippen LogP contribution in [-0.2, 0) is 66.7 Å². The van der Waals surface area contributed by atoms with Gasteiger partial charge in [-0.15, -0.1) is 0 Å². The van der Waals surface area contributed by atoms with Crippen molar-refractivity contribution in [3.63, 3.8) is 0 Å². The Morgan fingerprint density at radius 1 is 0.895 bits per heavy atom. The minimum absolute atomic E-state index is 0.0520. The van der Waals surface area contributed by atoms with Gasteiger partial charge in [-0.05, 0) is 39.8 Å². The van der Waals surface area contributed by atoms with Gasteiger partial charge in [-0.2, -0.15) is 0 Å². The smallest absolute Gasteiger partial charge is 0.350 e. The van der Waals surface area contributed by atoms with E-state index in [1.165, 1.54) is 46.0 Å². The molecule has 13 unspecified atom stereocenters. The Morgan fingerprint density at radius 2 is 1.49 bits per heavy atom. The number of nitrogens with zero attached hydrogens (tertiary/aromatic N) is 1. The first-order valence-electron chi connectivity index (χ1n) is 18.3. The van der Waals surface area contributed by atoms with Crippen molar-refractivity contribution >= 4 is 41.8 Å². The summed E-state index contributed by atoms with van der Waals surface area (Å²) in [5, 5.41) is 37.3. The van der Waals surface area contributed by atoms with E-state index in [-0.39, 0.29) is 11.3 Å². The number of rotatable bonds is 7. The quantitative estimate of drug-likeness (QED) is 0.246. The van der Waals surface area contributed by atoms with Gasteiger partial charge in [-0.25, -0.2) is 9.59 Å². The van der Waals surface area contributed by atoms with Crippen molar-refractivity contribution in [3.05, 3.63) is 29.6 Å². The summed E-state index contributed by atoms with van der Waals surface area (Å²) in [5.41, 5.74) is -12.5. The van der Waals surface area contributed by atoms with Crippen LogP contribution in [0.3, 0.4) is 0 Å². The van der Waals surface area contributed by atoms with Gasteiger partial charge in [0.15, 0.2) is 17.8 Å². The SMILES string of the molecule is CC(=O)OC1C2C(OC(C)=O)C34OC2(C)COC(=O)c2cccnc2C(C)C(C)C(=O)OC(C(O)C(OC(C)=O)C3(CO)C1OC(=O)C(C)(C)OC(C)=O)C4(C)O. The predicted octanol–water partition coefficient (Wildman–Crippen LogP) is 0.214. The summed E-state index contributed by atoms with van der Waals surface area (Å²) in [5.74, 6) is -11.0. The van der Waals surface area contributed by atoms with Crippen molar-refractivity contribution in [2.75, 3.05) is 13.2 Å². The topological polar surface area (TPSA) is 267 Å². The Kier molecular flexibility index (Phi) is 11.3. The summed E-state index contributed by atoms with van der Waals surface area (Å²) >= 11 is 0. The summed E-state index contributed by atoms with van der Waals surface area (Å²) in [6, 6.07) is 2.87. The van der Waals surface area contributed by atoms with Crippen molar-refractivity contribution in [2.24, 2.45) is 17.3 Å². The number of pyridine rings is 1. The molecule has 1 aromatic rings. The van der Waals surface area contributed by atoms with Crippen molar-refractivity contribution in [1.29, 1.82) is 0 Å². The molecular formula is C38H49NO18. The molecule has 13 atom stereocenters. The Hall–Kier alpha value is -4.72. The highest BCUT2D eigenvalue weighted by molar-refractivity contribution is 5.91. The highest BCUT2D eigenvalue weighted by Gasteiger charge is 2.91. The minimum atomic E-state index is -2.85. The average molecular weight is 808 g/mol. The second-order valence-corrected chi connectivity index (χ2v) is 16.0. The van der Waals surface area contributed by atoms with E-state index in [2.05, 4.69) is 4.98 Å². The van der Waals surface area contributed by atoms with Crippen LogP contribution in [0.2, 0.25) is 0 Å². The summed E-state index contributed by atoms with van der Waals surface area (Å²) in [7, 11) is 0. The number of aliphatic hydroxyl groups excluding tert-OH is 2. The van der Waals surface area contributed by atoms with Crippen LogP contribution in [0.15, 0.2) is 18.3 Å². The van der Waals surface area contributed by atoms with E-state index in [4.69, 9.17) is 37.9 Å². The van der Waals surface area contributed by atoms with Gasteiger partial charge in [0, 0.05) is 39.8 Å². The number of carbonyl (C=O) groups excluding carboxylic acids is 7. The molecule has 3 N–H and O–H groups in total. The Balaban J connectivity index is 1.93. The molecule has 4 aliphatic rings. The lowest BCUT2D eigenvalue weighted by atomic mass is 9.45. The van der Waals surface area contributed by atoms with Crippen LogP contribution < -0.4 is 0 Å². The molecule has 0 amide bonds. The van der Waals surface area contributed by atoms with Gasteiger partial charge in [-0.3, -0.25) is 29.0 Å². The molecule has 0 radical (unpaired) electrons. The van der Waals surface area contributed by atoms with Gasteiger partial charge in [0.25, 0.3) is 0 Å². The standard InChI is InChI=1S/C38H49NO18/c1-16-17(2)31(46)54-28-25(45)29(53-20(5)43)37(14-40)30(55-33(48)34(7,8)56-21(6)44)26(51-18(3)41)23-27(52-19(4)42)38(37,36(28,10)49)57-35(23,9)15-50-32(47)22-12-11-13-39-24(16)22/h11-13,16-17,23,25-30,40,45,49H,14-15H2,1-10H3. The highest BCUT2D eigenvalue weighted by Crippen LogP contribution is 2.69. The molecule has 1 spiro atoms. The van der Waals surface area contributed by atoms with Crippen molar-refractivity contribution < 1.29 is 86.8 Å². The predicted molar refractivity (Wildman–Crippen MR) is 186 cm³/mol. The molecule has 19 heteroatoms. The largest absolute Gasteiger partial charge is 0.459 e. The second-order valence-electron chi connectivity index (χ2n) is 16.0. The number of aromatic nitrogens is 1. The Morgan fingerprint density at radius 3 is 2.05 bits per heavy atom. The average Bonchev–Trinajstić information content (AvgIpc) is 3.32. The lowest BCUT2D eigenvalue weighted by molar-refractivity contribution is -0.387. The molecule has 3 fully saturated rings. The maximum atomic E-state index is 14.1. The fourth-order valence-electron chi connectivity index (χ4n) is 9.25. The minimum Gasteiger partial charge on any atom is -0.459 e. The van der Waals surface area contributed by atoms with E-state index in [9.17, 15) is 48.9 Å². The van der Waals surface area contributed by atoms with Crippen LogP contribution in [0.5, 0.6) is 0 Å². The number of hydrogen-bond acceptors (Lipinski definition) is 19. The van der Waals surface area contributed by atoms with Crippen molar-refractivity contribution in [3.8, 4) is 0 Å². The third kappa shape index (κ3) is 6.71. The summed E-state index contributed by atoms with van der Waals surface area (Å²) in [4.78, 5) is 97.8. The molecule has 2 aliphatic heterocycles. The van der Waals surface area contributed by atoms with E-state index in [1.807, 2.05) is 0 Å². The molecule has 2 aliphatic carbocycles. The van der Waals surface area contributed by atoms with Gasteiger partial charge in [0.2, 0.25) is 5.60 Å². The third-order valence-electron chi connectivity index (χ3n) is 11.7. The number of hydrogen-bond donors (Lipinski definition) is 3. The molecular weight excluding hydrogens is 758 g/mol. The van der Waals surface area contributed by atoms with E-state index in [0.717, 1.165) is 34.6 Å². The van der Waals surface area contributed by atoms with Gasteiger partial charge in [-0.1, -0.05) is 13.8 Å². The van der Waals surface area contributed by atoms with E-state index in [0.29, 0.717) is 0 Å². The molecule has 314 valence electrons. The van der Waals surface area contributed by atoms with Gasteiger partial charge >= 0.3 is 41.8 Å². The number of ether oxygens (including phenoxy) is 8. The molecule has 5 rings (SSSR count).